The van der Waals surface area contributed by atoms with E-state index in [1.807, 2.05) is 31.5 Å². The highest BCUT2D eigenvalue weighted by atomic mass is 16.3. The van der Waals surface area contributed by atoms with Crippen molar-refractivity contribution in [3.63, 3.8) is 0 Å². The lowest BCUT2D eigenvalue weighted by Gasteiger charge is -2.22. The van der Waals surface area contributed by atoms with E-state index in [1.54, 1.807) is 6.20 Å². The van der Waals surface area contributed by atoms with Gasteiger partial charge < -0.3 is 10.4 Å². The van der Waals surface area contributed by atoms with Gasteiger partial charge >= 0.3 is 0 Å². The lowest BCUT2D eigenvalue weighted by molar-refractivity contribution is 0.0868. The first-order valence-corrected chi connectivity index (χ1v) is 8.39. The van der Waals surface area contributed by atoms with Gasteiger partial charge in [-0.2, -0.15) is 5.10 Å². The Kier molecular flexibility index (Phi) is 5.28. The monoisotopic (exact) mass is 332 g/mol. The number of aryl methyl sites for hydroxylation is 1. The summed E-state index contributed by atoms with van der Waals surface area (Å²) in [6.45, 7) is 12.3. The van der Waals surface area contributed by atoms with E-state index in [0.717, 1.165) is 11.0 Å². The van der Waals surface area contributed by atoms with Gasteiger partial charge in [-0.05, 0) is 38.7 Å². The Morgan fingerprint density at radius 2 is 2.04 bits per heavy atom. The molecule has 0 bridgehead atoms. The number of fused-ring (bicyclic) bond motifs is 1. The average molecular weight is 332 g/mol. The summed E-state index contributed by atoms with van der Waals surface area (Å²) in [7, 11) is 0. The number of nitrogens with one attached hydrogen (secondary N) is 1. The van der Waals surface area contributed by atoms with Crippen LogP contribution in [-0.2, 0) is 0 Å². The molecule has 0 fully saturated rings. The van der Waals surface area contributed by atoms with E-state index < -0.39 is 6.10 Å². The first-order valence-electron chi connectivity index (χ1n) is 8.39. The fourth-order valence-electron chi connectivity index (χ4n) is 2.76. The van der Waals surface area contributed by atoms with Crippen molar-refractivity contribution in [2.75, 3.05) is 6.54 Å². The van der Waals surface area contributed by atoms with Crippen LogP contribution in [0.25, 0.3) is 11.0 Å². The normalized spacial score (nSPS) is 13.5. The molecule has 0 unspecified atom stereocenters. The number of aliphatic hydroxyl groups is 1. The summed E-state index contributed by atoms with van der Waals surface area (Å²) in [5.74, 6) is -0.216. The van der Waals surface area contributed by atoms with Crippen molar-refractivity contribution in [2.45, 2.75) is 60.1 Å². The Labute approximate surface area is 143 Å². The van der Waals surface area contributed by atoms with E-state index >= 15 is 0 Å². The molecule has 6 nitrogen and oxygen atoms in total. The largest absolute Gasteiger partial charge is 0.391 e. The van der Waals surface area contributed by atoms with Gasteiger partial charge in [0.1, 0.15) is 0 Å². The molecular weight excluding hydrogens is 304 g/mol. The van der Waals surface area contributed by atoms with Crippen LogP contribution in [-0.4, -0.2) is 38.4 Å². The van der Waals surface area contributed by atoms with Crippen LogP contribution in [0.2, 0.25) is 0 Å². The predicted octanol–water partition coefficient (Wildman–Crippen LogP) is 2.85. The molecule has 0 spiro atoms. The second-order valence-corrected chi connectivity index (χ2v) is 7.85. The number of hydrogen-bond donors (Lipinski definition) is 2. The van der Waals surface area contributed by atoms with E-state index in [2.05, 4.69) is 36.2 Å². The molecule has 1 amide bonds. The van der Waals surface area contributed by atoms with Crippen molar-refractivity contribution in [1.82, 2.24) is 20.1 Å². The molecule has 6 heteroatoms. The molecule has 0 aromatic carbocycles. The second kappa shape index (κ2) is 6.89. The van der Waals surface area contributed by atoms with Crippen LogP contribution in [0.1, 0.15) is 63.1 Å². The Balaban J connectivity index is 2.14. The molecule has 0 aliphatic heterocycles. The zero-order chi connectivity index (χ0) is 18.1. The molecular formula is C18H28N4O2. The summed E-state index contributed by atoms with van der Waals surface area (Å²) in [6, 6.07) is 2.02. The zero-order valence-corrected chi connectivity index (χ0v) is 15.4. The van der Waals surface area contributed by atoms with Crippen molar-refractivity contribution >= 4 is 16.9 Å². The Bertz CT molecular complexity index is 728. The number of aliphatic hydroxyl groups excluding tert-OH is 1. The van der Waals surface area contributed by atoms with Crippen molar-refractivity contribution < 1.29 is 9.90 Å². The molecule has 0 aliphatic rings. The summed E-state index contributed by atoms with van der Waals surface area (Å²) < 4.78 is 1.84. The molecule has 1 atom stereocenters. The fraction of sp³-hybridized carbons (Fsp3) is 0.611. The van der Waals surface area contributed by atoms with Crippen molar-refractivity contribution in [3.8, 4) is 0 Å². The quantitative estimate of drug-likeness (QED) is 0.882. The van der Waals surface area contributed by atoms with Gasteiger partial charge in [0.25, 0.3) is 5.91 Å². The van der Waals surface area contributed by atoms with E-state index in [4.69, 9.17) is 0 Å². The molecule has 132 valence electrons. The maximum atomic E-state index is 12.4. The number of pyridine rings is 1. The Morgan fingerprint density at radius 1 is 1.38 bits per heavy atom. The molecule has 24 heavy (non-hydrogen) atoms. The number of nitrogens with zero attached hydrogens (tertiary/aromatic N) is 3. The fourth-order valence-corrected chi connectivity index (χ4v) is 2.76. The molecule has 2 heterocycles. The van der Waals surface area contributed by atoms with Crippen molar-refractivity contribution in [3.05, 3.63) is 23.5 Å². The van der Waals surface area contributed by atoms with Gasteiger partial charge in [0, 0.05) is 18.0 Å². The van der Waals surface area contributed by atoms with E-state index in [9.17, 15) is 9.90 Å². The minimum Gasteiger partial charge on any atom is -0.391 e. The first-order chi connectivity index (χ1) is 11.1. The maximum absolute atomic E-state index is 12.4. The zero-order valence-electron chi connectivity index (χ0n) is 15.4. The molecule has 0 saturated carbocycles. The van der Waals surface area contributed by atoms with Gasteiger partial charge in [-0.1, -0.05) is 20.8 Å². The molecule has 2 N–H and O–H groups in total. The van der Waals surface area contributed by atoms with Gasteiger partial charge in [-0.25, -0.2) is 9.67 Å². The van der Waals surface area contributed by atoms with Gasteiger partial charge in [0.15, 0.2) is 5.65 Å². The molecule has 0 aliphatic carbocycles. The van der Waals surface area contributed by atoms with Gasteiger partial charge in [-0.3, -0.25) is 4.79 Å². The molecule has 0 saturated heterocycles. The van der Waals surface area contributed by atoms with Crippen LogP contribution in [0.4, 0.5) is 0 Å². The smallest absolute Gasteiger partial charge is 0.253 e. The third-order valence-electron chi connectivity index (χ3n) is 3.84. The third-order valence-corrected chi connectivity index (χ3v) is 3.84. The number of amides is 1. The van der Waals surface area contributed by atoms with E-state index in [0.29, 0.717) is 17.7 Å². The SMILES string of the molecule is Cc1nc2c(cnn2C(C)C)cc1C(=O)NC[C@@H](O)CC(C)(C)C. The van der Waals surface area contributed by atoms with E-state index in [-0.39, 0.29) is 23.9 Å². The Morgan fingerprint density at radius 3 is 2.62 bits per heavy atom. The Hall–Kier alpha value is -1.95. The lowest BCUT2D eigenvalue weighted by atomic mass is 9.89. The van der Waals surface area contributed by atoms with Crippen LogP contribution < -0.4 is 5.32 Å². The minimum absolute atomic E-state index is 0.0198. The van der Waals surface area contributed by atoms with Crippen LogP contribution in [0.3, 0.4) is 0 Å². The average Bonchev–Trinajstić information content (AvgIpc) is 2.84. The maximum Gasteiger partial charge on any atom is 0.253 e. The van der Waals surface area contributed by atoms with Crippen LogP contribution in [0.15, 0.2) is 12.3 Å². The van der Waals surface area contributed by atoms with Crippen molar-refractivity contribution in [1.29, 1.82) is 0 Å². The standard InChI is InChI=1S/C18H28N4O2/c1-11(2)22-16-13(9-20-22)7-15(12(3)21-16)17(24)19-10-14(23)8-18(4,5)6/h7,9,11,14,23H,8,10H2,1-6H3,(H,19,24)/t14-/m0/s1. The summed E-state index contributed by atoms with van der Waals surface area (Å²) in [4.78, 5) is 17.0. The summed E-state index contributed by atoms with van der Waals surface area (Å²) in [5.41, 5.74) is 1.99. The van der Waals surface area contributed by atoms with Crippen molar-refractivity contribution in [2.24, 2.45) is 5.41 Å². The summed E-state index contributed by atoms with van der Waals surface area (Å²) in [6.07, 6.45) is 1.80. The van der Waals surface area contributed by atoms with Crippen LogP contribution in [0.5, 0.6) is 0 Å². The highest BCUT2D eigenvalue weighted by molar-refractivity contribution is 5.98. The summed E-state index contributed by atoms with van der Waals surface area (Å²) in [5, 5.41) is 18.0. The van der Waals surface area contributed by atoms with Crippen LogP contribution in [0, 0.1) is 12.3 Å². The minimum atomic E-state index is -0.561. The molecule has 2 aromatic rings. The van der Waals surface area contributed by atoms with Gasteiger partial charge in [0.05, 0.1) is 23.6 Å². The third kappa shape index (κ3) is 4.32. The summed E-state index contributed by atoms with van der Waals surface area (Å²) >= 11 is 0. The lowest BCUT2D eigenvalue weighted by Crippen LogP contribution is -2.34. The molecule has 0 radical (unpaired) electrons. The predicted molar refractivity (Wildman–Crippen MR) is 95.1 cm³/mol. The number of carbonyl (C=O) groups is 1. The number of rotatable bonds is 5. The topological polar surface area (TPSA) is 80.0 Å². The highest BCUT2D eigenvalue weighted by Gasteiger charge is 2.19. The number of hydrogen-bond acceptors (Lipinski definition) is 4. The van der Waals surface area contributed by atoms with Crippen LogP contribution >= 0.6 is 0 Å². The van der Waals surface area contributed by atoms with E-state index in [1.165, 1.54) is 0 Å². The van der Waals surface area contributed by atoms with Gasteiger partial charge in [-0.15, -0.1) is 0 Å². The number of aromatic nitrogens is 3. The van der Waals surface area contributed by atoms with Gasteiger partial charge in [0.2, 0.25) is 0 Å². The number of carbonyl (C=O) groups excluding carboxylic acids is 1. The molecule has 2 aromatic heterocycles. The first kappa shape index (κ1) is 18.4. The molecule has 2 rings (SSSR count). The second-order valence-electron chi connectivity index (χ2n) is 7.85. The highest BCUT2D eigenvalue weighted by Crippen LogP contribution is 2.21.